The molecular weight excluding hydrogens is 679 g/mol. The van der Waals surface area contributed by atoms with Crippen molar-refractivity contribution >= 4 is 56.7 Å². The molecule has 1 aromatic heterocycles. The van der Waals surface area contributed by atoms with E-state index in [1.165, 1.54) is 36.7 Å². The highest BCUT2D eigenvalue weighted by Gasteiger charge is 2.45. The lowest BCUT2D eigenvalue weighted by Crippen LogP contribution is -2.51. The van der Waals surface area contributed by atoms with Gasteiger partial charge in [0.25, 0.3) is 5.91 Å². The number of hydrogen-bond donors (Lipinski definition) is 3. The van der Waals surface area contributed by atoms with E-state index < -0.39 is 39.9 Å². The standard InChI is InChI=1S/C33H34Cl2N6O6S/c1-2-47-33(44)28(14-20-9-11-23(12-10-20)39-32(43)30-26(34)17-37-18-27(30)35)40-31(42)29-15-24(38-22-6-4-7-22)19-41(29)48(45,46)25-8-3-5-21(13-25)16-36/h3,5,8-13,17-18,22,24,28-29,38H,2,4,6-7,14-15,19H2,1H3,(H,39,43)(H,40,42)/t24-,28+,29+/m1/s1. The first kappa shape index (κ1) is 35.3. The Bertz CT molecular complexity index is 1810. The molecule has 2 fully saturated rings. The second-order valence-corrected chi connectivity index (χ2v) is 14.3. The van der Waals surface area contributed by atoms with Crippen LogP contribution in [0.3, 0.4) is 0 Å². The molecule has 15 heteroatoms. The monoisotopic (exact) mass is 712 g/mol. The normalized spacial score (nSPS) is 18.7. The van der Waals surface area contributed by atoms with Crippen LogP contribution in [0.1, 0.15) is 54.1 Å². The number of nitriles is 1. The number of carbonyl (C=O) groups is 3. The van der Waals surface area contributed by atoms with Crippen LogP contribution in [-0.2, 0) is 30.8 Å². The van der Waals surface area contributed by atoms with Crippen molar-refractivity contribution in [1.29, 1.82) is 5.26 Å². The Morgan fingerprint density at radius 3 is 2.42 bits per heavy atom. The smallest absolute Gasteiger partial charge is 0.328 e. The van der Waals surface area contributed by atoms with Crippen LogP contribution < -0.4 is 16.0 Å². The molecule has 1 saturated carbocycles. The highest BCUT2D eigenvalue weighted by atomic mass is 35.5. The van der Waals surface area contributed by atoms with E-state index in [4.69, 9.17) is 27.9 Å². The number of aromatic nitrogens is 1. The number of nitrogens with zero attached hydrogens (tertiary/aromatic N) is 3. The summed E-state index contributed by atoms with van der Waals surface area (Å²) in [4.78, 5) is 43.4. The molecule has 3 N–H and O–H groups in total. The van der Waals surface area contributed by atoms with Crippen molar-refractivity contribution in [2.75, 3.05) is 18.5 Å². The number of halogens is 2. The zero-order valence-corrected chi connectivity index (χ0v) is 28.3. The second-order valence-electron chi connectivity index (χ2n) is 11.6. The average Bonchev–Trinajstić information content (AvgIpc) is 3.49. The van der Waals surface area contributed by atoms with Crippen molar-refractivity contribution in [3.63, 3.8) is 0 Å². The fraction of sp³-hybridized carbons (Fsp3) is 0.364. The van der Waals surface area contributed by atoms with Gasteiger partial charge in [-0.15, -0.1) is 0 Å². The molecule has 5 rings (SSSR count). The summed E-state index contributed by atoms with van der Waals surface area (Å²) in [6.07, 6.45) is 5.90. The summed E-state index contributed by atoms with van der Waals surface area (Å²) >= 11 is 12.2. The molecule has 2 aliphatic rings. The predicted octanol–water partition coefficient (Wildman–Crippen LogP) is 4.08. The van der Waals surface area contributed by atoms with Crippen LogP contribution in [0.5, 0.6) is 0 Å². The Balaban J connectivity index is 1.33. The van der Waals surface area contributed by atoms with Gasteiger partial charge in [-0.1, -0.05) is 47.8 Å². The molecule has 48 heavy (non-hydrogen) atoms. The number of carbonyl (C=O) groups excluding carboxylic acids is 3. The number of nitrogens with one attached hydrogen (secondary N) is 3. The Kier molecular flexibility index (Phi) is 11.3. The fourth-order valence-corrected chi connectivity index (χ4v) is 7.91. The molecule has 3 atom stereocenters. The summed E-state index contributed by atoms with van der Waals surface area (Å²) in [7, 11) is -4.18. The van der Waals surface area contributed by atoms with Gasteiger partial charge in [-0.05, 0) is 62.1 Å². The minimum atomic E-state index is -4.18. The largest absolute Gasteiger partial charge is 0.464 e. The number of benzene rings is 2. The highest BCUT2D eigenvalue weighted by Crippen LogP contribution is 2.30. The number of anilines is 1. The van der Waals surface area contributed by atoms with Gasteiger partial charge in [0, 0.05) is 43.1 Å². The summed E-state index contributed by atoms with van der Waals surface area (Å²) < 4.78 is 34.1. The van der Waals surface area contributed by atoms with Crippen molar-refractivity contribution in [2.24, 2.45) is 0 Å². The van der Waals surface area contributed by atoms with Crippen LogP contribution in [0, 0.1) is 11.3 Å². The van der Waals surface area contributed by atoms with Crippen LogP contribution >= 0.6 is 23.2 Å². The number of pyridine rings is 1. The zero-order valence-electron chi connectivity index (χ0n) is 26.0. The molecule has 1 aliphatic heterocycles. The maximum absolute atomic E-state index is 13.9. The SMILES string of the molecule is CCOC(=O)[C@H](Cc1ccc(NC(=O)c2c(Cl)cncc2Cl)cc1)NC(=O)[C@@H]1C[C@@H](NC2CCC2)CN1S(=O)(=O)c1cccc(C#N)c1. The van der Waals surface area contributed by atoms with Crippen molar-refractivity contribution in [2.45, 2.75) is 68.1 Å². The third kappa shape index (κ3) is 8.14. The molecule has 0 spiro atoms. The Labute approximate surface area is 288 Å². The van der Waals surface area contributed by atoms with E-state index in [1.54, 1.807) is 31.2 Å². The summed E-state index contributed by atoms with van der Waals surface area (Å²) in [6, 6.07) is 12.0. The van der Waals surface area contributed by atoms with Gasteiger partial charge in [-0.3, -0.25) is 14.6 Å². The third-order valence-corrected chi connectivity index (χ3v) is 10.8. The lowest BCUT2D eigenvalue weighted by molar-refractivity contribution is -0.147. The van der Waals surface area contributed by atoms with Gasteiger partial charge >= 0.3 is 5.97 Å². The Morgan fingerprint density at radius 2 is 1.79 bits per heavy atom. The molecule has 2 amide bonds. The van der Waals surface area contributed by atoms with Gasteiger partial charge in [0.2, 0.25) is 15.9 Å². The van der Waals surface area contributed by atoms with Crippen molar-refractivity contribution < 1.29 is 27.5 Å². The number of hydrogen-bond acceptors (Lipinski definition) is 9. The molecule has 0 bridgehead atoms. The molecule has 2 heterocycles. The van der Waals surface area contributed by atoms with E-state index >= 15 is 0 Å². The van der Waals surface area contributed by atoms with Crippen molar-refractivity contribution in [1.82, 2.24) is 19.9 Å². The molecule has 3 aromatic rings. The number of amides is 2. The molecule has 252 valence electrons. The number of rotatable bonds is 12. The van der Waals surface area contributed by atoms with Gasteiger partial charge in [-0.25, -0.2) is 13.2 Å². The van der Waals surface area contributed by atoms with E-state index in [2.05, 4.69) is 20.9 Å². The summed E-state index contributed by atoms with van der Waals surface area (Å²) in [5, 5.41) is 18.5. The fourth-order valence-electron chi connectivity index (χ4n) is 5.69. The van der Waals surface area contributed by atoms with Gasteiger partial charge < -0.3 is 20.7 Å². The van der Waals surface area contributed by atoms with Gasteiger partial charge in [0.1, 0.15) is 12.1 Å². The summed E-state index contributed by atoms with van der Waals surface area (Å²) in [5.74, 6) is -1.85. The molecule has 1 saturated heterocycles. The summed E-state index contributed by atoms with van der Waals surface area (Å²) in [6.45, 7) is 1.77. The minimum Gasteiger partial charge on any atom is -0.464 e. The summed E-state index contributed by atoms with van der Waals surface area (Å²) in [5.41, 5.74) is 1.33. The van der Waals surface area contributed by atoms with Gasteiger partial charge in [0.15, 0.2) is 0 Å². The molecule has 0 unspecified atom stereocenters. The molecule has 0 radical (unpaired) electrons. The van der Waals surface area contributed by atoms with Crippen LogP contribution in [0.25, 0.3) is 0 Å². The van der Waals surface area contributed by atoms with Gasteiger partial charge in [0.05, 0.1) is 38.7 Å². The average molecular weight is 714 g/mol. The first-order chi connectivity index (χ1) is 23.0. The lowest BCUT2D eigenvalue weighted by atomic mass is 9.92. The number of esters is 1. The zero-order chi connectivity index (χ0) is 34.4. The predicted molar refractivity (Wildman–Crippen MR) is 179 cm³/mol. The lowest BCUT2D eigenvalue weighted by Gasteiger charge is -2.29. The number of sulfonamides is 1. The highest BCUT2D eigenvalue weighted by molar-refractivity contribution is 7.89. The maximum atomic E-state index is 13.9. The van der Waals surface area contributed by atoms with E-state index in [1.807, 2.05) is 6.07 Å². The van der Waals surface area contributed by atoms with E-state index in [-0.39, 0.29) is 64.1 Å². The molecular formula is C33H34Cl2N6O6S. The minimum absolute atomic E-state index is 0.0360. The van der Waals surface area contributed by atoms with Crippen LogP contribution in [0.4, 0.5) is 5.69 Å². The maximum Gasteiger partial charge on any atom is 0.328 e. The molecule has 1 aliphatic carbocycles. The van der Waals surface area contributed by atoms with E-state index in [9.17, 15) is 28.1 Å². The number of ether oxygens (including phenoxy) is 1. The van der Waals surface area contributed by atoms with Crippen molar-refractivity contribution in [3.05, 3.63) is 87.7 Å². The Hall–Kier alpha value is -4.06. The van der Waals surface area contributed by atoms with Crippen LogP contribution in [-0.4, -0.2) is 72.8 Å². The molecule has 12 nitrogen and oxygen atoms in total. The second kappa shape index (κ2) is 15.4. The topological polar surface area (TPSA) is 171 Å². The first-order valence-corrected chi connectivity index (χ1v) is 17.6. The van der Waals surface area contributed by atoms with Crippen LogP contribution in [0.15, 0.2) is 65.8 Å². The van der Waals surface area contributed by atoms with Gasteiger partial charge in [-0.2, -0.15) is 9.57 Å². The van der Waals surface area contributed by atoms with E-state index in [0.29, 0.717) is 11.3 Å². The Morgan fingerprint density at radius 1 is 1.08 bits per heavy atom. The van der Waals surface area contributed by atoms with Crippen molar-refractivity contribution in [3.8, 4) is 6.07 Å². The van der Waals surface area contributed by atoms with Crippen LogP contribution in [0.2, 0.25) is 10.0 Å². The molecule has 2 aromatic carbocycles. The third-order valence-electron chi connectivity index (χ3n) is 8.32. The van der Waals surface area contributed by atoms with E-state index in [0.717, 1.165) is 23.6 Å². The first-order valence-electron chi connectivity index (χ1n) is 15.4. The quantitative estimate of drug-likeness (QED) is 0.234.